The van der Waals surface area contributed by atoms with Gasteiger partial charge in [-0.25, -0.2) is 28.0 Å². The smallest absolute Gasteiger partial charge is 0.433 e. The fourth-order valence-corrected chi connectivity index (χ4v) is 5.95. The van der Waals surface area contributed by atoms with Crippen LogP contribution in [-0.2, 0) is 30.3 Å². The fraction of sp³-hybridized carbons (Fsp3) is 0.320. The third kappa shape index (κ3) is 7.18. The number of para-hydroxylation sites is 1. The van der Waals surface area contributed by atoms with E-state index in [1.807, 2.05) is 0 Å². The normalized spacial score (nSPS) is 11.6. The summed E-state index contributed by atoms with van der Waals surface area (Å²) in [6, 6.07) is 6.62. The van der Waals surface area contributed by atoms with Crippen LogP contribution in [0, 0.1) is 6.92 Å². The number of alkyl halides is 3. The second-order valence-corrected chi connectivity index (χ2v) is 11.4. The van der Waals surface area contributed by atoms with Crippen LogP contribution in [0.4, 0.5) is 18.2 Å². The van der Waals surface area contributed by atoms with E-state index in [0.717, 1.165) is 25.6 Å². The highest BCUT2D eigenvalue weighted by Crippen LogP contribution is 2.35. The number of esters is 2. The lowest BCUT2D eigenvalue weighted by Gasteiger charge is -2.13. The molecule has 1 N–H and O–H groups in total. The Labute approximate surface area is 236 Å². The van der Waals surface area contributed by atoms with E-state index < -0.39 is 56.9 Å². The summed E-state index contributed by atoms with van der Waals surface area (Å²) in [7, 11) is -0.921. The summed E-state index contributed by atoms with van der Waals surface area (Å²) in [4.78, 5) is 44.0. The molecule has 0 aliphatic carbocycles. The van der Waals surface area contributed by atoms with Gasteiger partial charge in [0.15, 0.2) is 0 Å². The van der Waals surface area contributed by atoms with Crippen LogP contribution in [0.2, 0.25) is 0 Å². The first kappa shape index (κ1) is 31.5. The van der Waals surface area contributed by atoms with Crippen LogP contribution in [0.25, 0.3) is 11.3 Å². The van der Waals surface area contributed by atoms with E-state index in [4.69, 9.17) is 9.47 Å². The van der Waals surface area contributed by atoms with Crippen molar-refractivity contribution in [3.05, 3.63) is 52.0 Å². The van der Waals surface area contributed by atoms with E-state index in [-0.39, 0.29) is 44.4 Å². The largest absolute Gasteiger partial charge is 0.496 e. The molecule has 0 radical (unpaired) electrons. The number of sulfone groups is 1. The van der Waals surface area contributed by atoms with Crippen molar-refractivity contribution in [2.24, 2.45) is 0 Å². The Hall–Kier alpha value is -4.05. The van der Waals surface area contributed by atoms with Gasteiger partial charge < -0.3 is 19.5 Å². The Balaban J connectivity index is 1.83. The molecular weight excluding hydrogens is 591 g/mol. The van der Waals surface area contributed by atoms with Crippen molar-refractivity contribution < 1.29 is 50.2 Å². The predicted octanol–water partition coefficient (Wildman–Crippen LogP) is 4.31. The molecule has 0 aliphatic rings. The molecule has 1 amide bonds. The highest BCUT2D eigenvalue weighted by Gasteiger charge is 2.36. The van der Waals surface area contributed by atoms with Gasteiger partial charge in [-0.2, -0.15) is 13.2 Å². The Morgan fingerprint density at radius 3 is 2.29 bits per heavy atom. The lowest BCUT2D eigenvalue weighted by atomic mass is 10.1. The molecule has 0 bridgehead atoms. The second-order valence-electron chi connectivity index (χ2n) is 8.33. The van der Waals surface area contributed by atoms with Gasteiger partial charge in [0.1, 0.15) is 21.3 Å². The number of halogens is 3. The van der Waals surface area contributed by atoms with Gasteiger partial charge in [-0.1, -0.05) is 12.1 Å². The molecule has 2 aromatic heterocycles. The number of thiophene rings is 1. The number of aromatic nitrogens is 2. The van der Waals surface area contributed by atoms with Crippen LogP contribution >= 0.6 is 11.3 Å². The second kappa shape index (κ2) is 12.6. The molecular formula is C25H24F3N3O8S2. The average Bonchev–Trinajstić information content (AvgIpc) is 3.26. The van der Waals surface area contributed by atoms with Gasteiger partial charge in [-0.05, 0) is 37.1 Å². The number of benzene rings is 1. The summed E-state index contributed by atoms with van der Waals surface area (Å²) < 4.78 is 81.2. The topological polar surface area (TPSA) is 151 Å². The average molecular weight is 616 g/mol. The number of rotatable bonds is 10. The summed E-state index contributed by atoms with van der Waals surface area (Å²) in [6.07, 6.45) is -5.69. The van der Waals surface area contributed by atoms with Crippen molar-refractivity contribution in [3.8, 4) is 17.0 Å². The predicted molar refractivity (Wildman–Crippen MR) is 141 cm³/mol. The van der Waals surface area contributed by atoms with Crippen LogP contribution in [-0.4, -0.2) is 63.3 Å². The number of ether oxygens (including phenoxy) is 3. The van der Waals surface area contributed by atoms with E-state index in [2.05, 4.69) is 20.0 Å². The molecule has 0 saturated heterocycles. The maximum atomic E-state index is 13.6. The zero-order chi connectivity index (χ0) is 30.5. The lowest BCUT2D eigenvalue weighted by molar-refractivity contribution is -0.141. The molecule has 3 rings (SSSR count). The zero-order valence-electron chi connectivity index (χ0n) is 22.1. The van der Waals surface area contributed by atoms with Gasteiger partial charge in [0.2, 0.25) is 20.9 Å². The van der Waals surface area contributed by atoms with Gasteiger partial charge in [0, 0.05) is 12.0 Å². The first-order valence-electron chi connectivity index (χ1n) is 11.7. The molecule has 0 saturated carbocycles. The van der Waals surface area contributed by atoms with Crippen LogP contribution in [0.15, 0.2) is 35.5 Å². The van der Waals surface area contributed by atoms with Gasteiger partial charge in [-0.15, -0.1) is 11.3 Å². The van der Waals surface area contributed by atoms with Crippen molar-refractivity contribution in [3.63, 3.8) is 0 Å². The standard InChI is InChI=1S/C25H24F3N3O8S2/c1-13-19(22(33)38-3)21(40-20(13)23(34)39-4)31-18(32)10-7-11-41(35,36)24-29-15(12-17(30-24)25(26,27)28)14-8-5-6-9-16(14)37-2/h5-6,8-9,12H,7,10-11H2,1-4H3,(H,31,32). The van der Waals surface area contributed by atoms with Crippen molar-refractivity contribution in [1.82, 2.24) is 9.97 Å². The molecule has 2 heterocycles. The Morgan fingerprint density at radius 1 is 1.02 bits per heavy atom. The number of amides is 1. The fourth-order valence-electron chi connectivity index (χ4n) is 3.64. The first-order chi connectivity index (χ1) is 19.2. The maximum Gasteiger partial charge on any atom is 0.433 e. The van der Waals surface area contributed by atoms with E-state index in [9.17, 15) is 36.0 Å². The highest BCUT2D eigenvalue weighted by atomic mass is 32.2. The third-order valence-electron chi connectivity index (χ3n) is 5.63. The molecule has 0 spiro atoms. The number of hydrogen-bond acceptors (Lipinski definition) is 11. The molecule has 41 heavy (non-hydrogen) atoms. The lowest BCUT2D eigenvalue weighted by Crippen LogP contribution is -2.18. The number of carbonyl (C=O) groups is 3. The SMILES string of the molecule is COC(=O)c1sc(NC(=O)CCCS(=O)(=O)c2nc(-c3ccccc3OC)cc(C(F)(F)F)n2)c(C(=O)OC)c1C. The summed E-state index contributed by atoms with van der Waals surface area (Å²) >= 11 is 0.771. The van der Waals surface area contributed by atoms with Crippen LogP contribution in [0.1, 0.15) is 44.1 Å². The molecule has 0 aliphatic heterocycles. The number of nitrogens with zero attached hydrogens (tertiary/aromatic N) is 2. The van der Waals surface area contributed by atoms with E-state index in [1.165, 1.54) is 32.2 Å². The van der Waals surface area contributed by atoms with Crippen molar-refractivity contribution in [2.75, 3.05) is 32.4 Å². The molecule has 0 fully saturated rings. The van der Waals surface area contributed by atoms with Crippen LogP contribution in [0.5, 0.6) is 5.75 Å². The Kier molecular flexibility index (Phi) is 9.70. The van der Waals surface area contributed by atoms with Crippen molar-refractivity contribution >= 4 is 44.0 Å². The minimum atomic E-state index is -4.97. The summed E-state index contributed by atoms with van der Waals surface area (Å²) in [5, 5.41) is 1.38. The molecule has 3 aromatic rings. The van der Waals surface area contributed by atoms with Gasteiger partial charge in [0.25, 0.3) is 0 Å². The minimum absolute atomic E-state index is 0.00901. The van der Waals surface area contributed by atoms with Crippen LogP contribution in [0.3, 0.4) is 0 Å². The third-order valence-corrected chi connectivity index (χ3v) is 8.39. The minimum Gasteiger partial charge on any atom is -0.496 e. The van der Waals surface area contributed by atoms with E-state index in [0.29, 0.717) is 6.07 Å². The van der Waals surface area contributed by atoms with E-state index >= 15 is 0 Å². The first-order valence-corrected chi connectivity index (χ1v) is 14.1. The highest BCUT2D eigenvalue weighted by molar-refractivity contribution is 7.91. The molecule has 0 atom stereocenters. The number of anilines is 1. The van der Waals surface area contributed by atoms with Gasteiger partial charge in [0.05, 0.1) is 38.3 Å². The molecule has 1 aromatic carbocycles. The Morgan fingerprint density at radius 2 is 1.68 bits per heavy atom. The summed E-state index contributed by atoms with van der Waals surface area (Å²) in [5.74, 6) is -2.86. The summed E-state index contributed by atoms with van der Waals surface area (Å²) in [6.45, 7) is 1.46. The molecule has 220 valence electrons. The van der Waals surface area contributed by atoms with Crippen LogP contribution < -0.4 is 10.1 Å². The summed E-state index contributed by atoms with van der Waals surface area (Å²) in [5.41, 5.74) is -1.50. The number of nitrogens with one attached hydrogen (secondary N) is 1. The molecule has 16 heteroatoms. The quantitative estimate of drug-likeness (QED) is 0.258. The number of carbonyl (C=O) groups excluding carboxylic acids is 3. The Bertz CT molecular complexity index is 1590. The van der Waals surface area contributed by atoms with Crippen molar-refractivity contribution in [1.29, 1.82) is 0 Å². The number of methoxy groups -OCH3 is 3. The monoisotopic (exact) mass is 615 g/mol. The zero-order valence-corrected chi connectivity index (χ0v) is 23.8. The molecule has 11 nitrogen and oxygen atoms in total. The maximum absolute atomic E-state index is 13.6. The van der Waals surface area contributed by atoms with Gasteiger partial charge in [-0.3, -0.25) is 4.79 Å². The van der Waals surface area contributed by atoms with E-state index in [1.54, 1.807) is 6.07 Å². The van der Waals surface area contributed by atoms with Crippen molar-refractivity contribution in [2.45, 2.75) is 31.1 Å². The number of hydrogen-bond donors (Lipinski definition) is 1. The van der Waals surface area contributed by atoms with Gasteiger partial charge >= 0.3 is 18.1 Å². The molecule has 0 unspecified atom stereocenters.